The van der Waals surface area contributed by atoms with Gasteiger partial charge in [0.05, 0.1) is 19.1 Å². The second-order valence-corrected chi connectivity index (χ2v) is 4.97. The summed E-state index contributed by atoms with van der Waals surface area (Å²) in [7, 11) is 1.45. The van der Waals surface area contributed by atoms with E-state index in [0.29, 0.717) is 6.04 Å². The Morgan fingerprint density at radius 3 is 3.06 bits per heavy atom. The number of aromatic nitrogens is 2. The lowest BCUT2D eigenvalue weighted by molar-refractivity contribution is -0.147. The number of carbonyl (C=O) groups excluding carboxylic acids is 1. The van der Waals surface area contributed by atoms with Crippen LogP contribution in [0.1, 0.15) is 31.7 Å². The molecule has 16 heavy (non-hydrogen) atoms. The van der Waals surface area contributed by atoms with E-state index in [1.54, 1.807) is 0 Å². The molecule has 1 fully saturated rings. The lowest BCUT2D eigenvalue weighted by Crippen LogP contribution is -2.26. The van der Waals surface area contributed by atoms with E-state index in [-0.39, 0.29) is 11.9 Å². The quantitative estimate of drug-likeness (QED) is 0.785. The van der Waals surface area contributed by atoms with E-state index in [0.717, 1.165) is 30.3 Å². The van der Waals surface area contributed by atoms with Gasteiger partial charge in [-0.05, 0) is 41.3 Å². The molecule has 1 aromatic rings. The summed E-state index contributed by atoms with van der Waals surface area (Å²) in [5.41, 5.74) is 0. The maximum absolute atomic E-state index is 11.5. The number of hydrogen-bond acceptors (Lipinski definition) is 3. The molecule has 0 aromatic carbocycles. The SMILES string of the molecule is COC(=O)[C@@H]1CCC[C@@H](n2ccc(Br)n2)C1. The summed E-state index contributed by atoms with van der Waals surface area (Å²) in [4.78, 5) is 11.5. The van der Waals surface area contributed by atoms with Gasteiger partial charge in [0.2, 0.25) is 0 Å². The van der Waals surface area contributed by atoms with Crippen LogP contribution in [0.2, 0.25) is 0 Å². The fourth-order valence-corrected chi connectivity index (χ4v) is 2.60. The number of ether oxygens (including phenoxy) is 1. The van der Waals surface area contributed by atoms with Gasteiger partial charge in [0.25, 0.3) is 0 Å². The van der Waals surface area contributed by atoms with Crippen LogP contribution in [0.25, 0.3) is 0 Å². The van der Waals surface area contributed by atoms with Crippen molar-refractivity contribution in [3.8, 4) is 0 Å². The van der Waals surface area contributed by atoms with Gasteiger partial charge in [0.15, 0.2) is 0 Å². The topological polar surface area (TPSA) is 44.1 Å². The number of esters is 1. The summed E-state index contributed by atoms with van der Waals surface area (Å²) in [5.74, 6) is -0.0531. The molecule has 0 bridgehead atoms. The van der Waals surface area contributed by atoms with Gasteiger partial charge in [-0.2, -0.15) is 5.10 Å². The van der Waals surface area contributed by atoms with E-state index >= 15 is 0 Å². The van der Waals surface area contributed by atoms with E-state index in [1.165, 1.54) is 7.11 Å². The number of halogens is 1. The highest BCUT2D eigenvalue weighted by molar-refractivity contribution is 9.10. The first-order valence-electron chi connectivity index (χ1n) is 5.49. The van der Waals surface area contributed by atoms with Gasteiger partial charge in [-0.15, -0.1) is 0 Å². The maximum Gasteiger partial charge on any atom is 0.308 e. The number of rotatable bonds is 2. The Hall–Kier alpha value is -0.840. The highest BCUT2D eigenvalue weighted by atomic mass is 79.9. The van der Waals surface area contributed by atoms with Crippen LogP contribution < -0.4 is 0 Å². The summed E-state index contributed by atoms with van der Waals surface area (Å²) in [6, 6.07) is 2.24. The van der Waals surface area contributed by atoms with Crippen molar-refractivity contribution < 1.29 is 9.53 Å². The van der Waals surface area contributed by atoms with Crippen molar-refractivity contribution in [3.63, 3.8) is 0 Å². The van der Waals surface area contributed by atoms with Crippen molar-refractivity contribution >= 4 is 21.9 Å². The predicted molar refractivity (Wildman–Crippen MR) is 62.9 cm³/mol. The Kier molecular flexibility index (Phi) is 3.63. The molecule has 0 unspecified atom stereocenters. The number of nitrogens with zero attached hydrogens (tertiary/aromatic N) is 2. The Bertz CT molecular complexity index is 378. The molecule has 0 aliphatic heterocycles. The smallest absolute Gasteiger partial charge is 0.308 e. The Balaban J connectivity index is 2.04. The summed E-state index contributed by atoms with van der Waals surface area (Å²) in [6.45, 7) is 0. The summed E-state index contributed by atoms with van der Waals surface area (Å²) >= 11 is 3.33. The average Bonchev–Trinajstić information content (AvgIpc) is 2.75. The van der Waals surface area contributed by atoms with E-state index in [9.17, 15) is 4.79 Å². The molecule has 2 rings (SSSR count). The molecule has 2 atom stereocenters. The highest BCUT2D eigenvalue weighted by Gasteiger charge is 2.29. The first-order valence-corrected chi connectivity index (χ1v) is 6.28. The molecule has 5 heteroatoms. The molecular formula is C11H15BrN2O2. The molecule has 1 aliphatic carbocycles. The van der Waals surface area contributed by atoms with E-state index in [4.69, 9.17) is 4.74 Å². The monoisotopic (exact) mass is 286 g/mol. The molecule has 1 heterocycles. The highest BCUT2D eigenvalue weighted by Crippen LogP contribution is 2.33. The van der Waals surface area contributed by atoms with Crippen LogP contribution in [0, 0.1) is 5.92 Å². The fraction of sp³-hybridized carbons (Fsp3) is 0.636. The molecule has 0 spiro atoms. The van der Waals surface area contributed by atoms with E-state index in [2.05, 4.69) is 21.0 Å². The van der Waals surface area contributed by atoms with Gasteiger partial charge in [-0.25, -0.2) is 0 Å². The second-order valence-electron chi connectivity index (χ2n) is 4.16. The zero-order valence-corrected chi connectivity index (χ0v) is 10.8. The molecule has 1 saturated carbocycles. The van der Waals surface area contributed by atoms with Crippen molar-refractivity contribution in [3.05, 3.63) is 16.9 Å². The van der Waals surface area contributed by atoms with Crippen LogP contribution in [-0.4, -0.2) is 22.9 Å². The maximum atomic E-state index is 11.5. The molecule has 88 valence electrons. The summed E-state index contributed by atoms with van der Waals surface area (Å²) < 4.78 is 7.59. The molecule has 0 radical (unpaired) electrons. The first-order chi connectivity index (χ1) is 7.70. The van der Waals surface area contributed by atoms with E-state index < -0.39 is 0 Å². The normalized spacial score (nSPS) is 25.4. The third-order valence-corrected chi connectivity index (χ3v) is 3.55. The minimum atomic E-state index is -0.0871. The standard InChI is InChI=1S/C11H15BrN2O2/c1-16-11(15)8-3-2-4-9(7-8)14-6-5-10(12)13-14/h5-6,8-9H,2-4,7H2,1H3/t8-,9-/m1/s1. The van der Waals surface area contributed by atoms with Crippen LogP contribution in [0.5, 0.6) is 0 Å². The first kappa shape index (κ1) is 11.6. The Morgan fingerprint density at radius 1 is 1.62 bits per heavy atom. The summed E-state index contributed by atoms with van der Waals surface area (Å²) in [5, 5.41) is 4.34. The average molecular weight is 287 g/mol. The van der Waals surface area contributed by atoms with Crippen molar-refractivity contribution in [2.75, 3.05) is 7.11 Å². The van der Waals surface area contributed by atoms with Gasteiger partial charge in [0.1, 0.15) is 4.60 Å². The van der Waals surface area contributed by atoms with Crippen molar-refractivity contribution in [2.24, 2.45) is 5.92 Å². The number of hydrogen-bond donors (Lipinski definition) is 0. The molecular weight excluding hydrogens is 272 g/mol. The molecule has 4 nitrogen and oxygen atoms in total. The number of methoxy groups -OCH3 is 1. The van der Waals surface area contributed by atoms with Crippen molar-refractivity contribution in [1.82, 2.24) is 9.78 Å². The Labute approximate surface area is 103 Å². The van der Waals surface area contributed by atoms with Gasteiger partial charge in [-0.3, -0.25) is 9.48 Å². The third-order valence-electron chi connectivity index (χ3n) is 3.13. The number of carbonyl (C=O) groups is 1. The van der Waals surface area contributed by atoms with Crippen molar-refractivity contribution in [2.45, 2.75) is 31.7 Å². The third kappa shape index (κ3) is 2.45. The zero-order valence-electron chi connectivity index (χ0n) is 9.23. The Morgan fingerprint density at radius 2 is 2.44 bits per heavy atom. The predicted octanol–water partition coefficient (Wildman–Crippen LogP) is 2.55. The van der Waals surface area contributed by atoms with Crippen molar-refractivity contribution in [1.29, 1.82) is 0 Å². The lowest BCUT2D eigenvalue weighted by atomic mass is 9.86. The molecule has 0 saturated heterocycles. The lowest BCUT2D eigenvalue weighted by Gasteiger charge is -2.27. The van der Waals surface area contributed by atoms with E-state index in [1.807, 2.05) is 16.9 Å². The fourth-order valence-electron chi connectivity index (χ4n) is 2.30. The minimum Gasteiger partial charge on any atom is -0.469 e. The second kappa shape index (κ2) is 4.99. The zero-order chi connectivity index (χ0) is 11.5. The van der Waals surface area contributed by atoms with Gasteiger partial charge in [0, 0.05) is 6.20 Å². The van der Waals surface area contributed by atoms with Crippen LogP contribution in [-0.2, 0) is 9.53 Å². The van der Waals surface area contributed by atoms with Crippen LogP contribution in [0.15, 0.2) is 16.9 Å². The largest absolute Gasteiger partial charge is 0.469 e. The summed E-state index contributed by atoms with van der Waals surface area (Å²) in [6.07, 6.45) is 5.87. The van der Waals surface area contributed by atoms with Crippen LogP contribution in [0.3, 0.4) is 0 Å². The molecule has 0 amide bonds. The minimum absolute atomic E-state index is 0.0340. The van der Waals surface area contributed by atoms with Gasteiger partial charge in [-0.1, -0.05) is 6.42 Å². The molecule has 1 aromatic heterocycles. The van der Waals surface area contributed by atoms with Gasteiger partial charge >= 0.3 is 5.97 Å². The van der Waals surface area contributed by atoms with Crippen LogP contribution >= 0.6 is 15.9 Å². The van der Waals surface area contributed by atoms with Crippen LogP contribution in [0.4, 0.5) is 0 Å². The molecule has 0 N–H and O–H groups in total. The molecule has 1 aliphatic rings. The van der Waals surface area contributed by atoms with Gasteiger partial charge < -0.3 is 4.74 Å².